The molecule has 1 N–H and O–H groups in total. The van der Waals surface area contributed by atoms with Crippen LogP contribution in [0.25, 0.3) is 10.2 Å². The highest BCUT2D eigenvalue weighted by Crippen LogP contribution is 2.28. The summed E-state index contributed by atoms with van der Waals surface area (Å²) >= 11 is 1.72. The molecule has 19 heavy (non-hydrogen) atoms. The lowest BCUT2D eigenvalue weighted by atomic mass is 10.1. The van der Waals surface area contributed by atoms with Gasteiger partial charge < -0.3 is 5.32 Å². The molecule has 2 aromatic carbocycles. The van der Waals surface area contributed by atoms with Gasteiger partial charge in [-0.3, -0.25) is 0 Å². The van der Waals surface area contributed by atoms with E-state index in [1.807, 2.05) is 6.07 Å². The predicted octanol–water partition coefficient (Wildman–Crippen LogP) is 4.47. The normalized spacial score (nSPS) is 10.8. The molecule has 1 heterocycles. The van der Waals surface area contributed by atoms with E-state index in [1.54, 1.807) is 11.3 Å². The van der Waals surface area contributed by atoms with Gasteiger partial charge in [0.2, 0.25) is 0 Å². The second-order valence-corrected chi connectivity index (χ2v) is 5.51. The largest absolute Gasteiger partial charge is 0.357 e. The Morgan fingerprint density at radius 2 is 1.89 bits per heavy atom. The summed E-state index contributed by atoms with van der Waals surface area (Å²) in [6.45, 7) is 2.99. The molecule has 96 valence electrons. The Labute approximate surface area is 117 Å². The first-order valence-electron chi connectivity index (χ1n) is 6.53. The third-order valence-electron chi connectivity index (χ3n) is 3.17. The number of nitrogens with one attached hydrogen (secondary N) is 1. The standard InChI is InChI=1S/C16H16N2S/c1-2-13-9-6-10-14-15(13)18-16(19-14)17-11-12-7-4-3-5-8-12/h3-10H,2,11H2,1H3,(H,17,18). The van der Waals surface area contributed by atoms with Gasteiger partial charge in [-0.05, 0) is 23.6 Å². The number of para-hydroxylation sites is 1. The molecule has 0 unspecified atom stereocenters. The average molecular weight is 268 g/mol. The van der Waals surface area contributed by atoms with E-state index in [1.165, 1.54) is 15.8 Å². The number of nitrogens with zero attached hydrogens (tertiary/aromatic N) is 1. The van der Waals surface area contributed by atoms with Crippen LogP contribution in [0.2, 0.25) is 0 Å². The van der Waals surface area contributed by atoms with Crippen molar-refractivity contribution in [2.45, 2.75) is 19.9 Å². The van der Waals surface area contributed by atoms with Gasteiger partial charge in [0.05, 0.1) is 10.2 Å². The fourth-order valence-corrected chi connectivity index (χ4v) is 3.05. The van der Waals surface area contributed by atoms with Crippen molar-refractivity contribution in [1.29, 1.82) is 0 Å². The third kappa shape index (κ3) is 2.61. The Balaban J connectivity index is 1.82. The number of aromatic nitrogens is 1. The van der Waals surface area contributed by atoms with Gasteiger partial charge in [-0.25, -0.2) is 4.98 Å². The Bertz CT molecular complexity index is 674. The zero-order valence-electron chi connectivity index (χ0n) is 10.9. The number of thiazole rings is 1. The van der Waals surface area contributed by atoms with Crippen LogP contribution in [0.15, 0.2) is 48.5 Å². The maximum Gasteiger partial charge on any atom is 0.184 e. The number of hydrogen-bond acceptors (Lipinski definition) is 3. The number of rotatable bonds is 4. The Hall–Kier alpha value is -1.87. The fourth-order valence-electron chi connectivity index (χ4n) is 2.14. The average Bonchev–Trinajstić information content (AvgIpc) is 2.89. The van der Waals surface area contributed by atoms with Crippen molar-refractivity contribution in [2.75, 3.05) is 5.32 Å². The summed E-state index contributed by atoms with van der Waals surface area (Å²) in [4.78, 5) is 4.71. The van der Waals surface area contributed by atoms with Gasteiger partial charge in [-0.1, -0.05) is 60.7 Å². The molecule has 0 bridgehead atoms. The minimum Gasteiger partial charge on any atom is -0.357 e. The smallest absolute Gasteiger partial charge is 0.184 e. The van der Waals surface area contributed by atoms with Crippen molar-refractivity contribution >= 4 is 26.7 Å². The van der Waals surface area contributed by atoms with E-state index >= 15 is 0 Å². The minimum absolute atomic E-state index is 0.822. The summed E-state index contributed by atoms with van der Waals surface area (Å²) in [5, 5.41) is 4.41. The quantitative estimate of drug-likeness (QED) is 0.755. The van der Waals surface area contributed by atoms with Crippen LogP contribution in [-0.4, -0.2) is 4.98 Å². The molecule has 3 heteroatoms. The molecule has 0 saturated carbocycles. The summed E-state index contributed by atoms with van der Waals surface area (Å²) in [5.41, 5.74) is 3.74. The van der Waals surface area contributed by atoms with Crippen molar-refractivity contribution in [2.24, 2.45) is 0 Å². The van der Waals surface area contributed by atoms with Crippen molar-refractivity contribution in [3.8, 4) is 0 Å². The van der Waals surface area contributed by atoms with Crippen molar-refractivity contribution in [1.82, 2.24) is 4.98 Å². The fraction of sp³-hybridized carbons (Fsp3) is 0.188. The lowest BCUT2D eigenvalue weighted by molar-refractivity contribution is 1.13. The van der Waals surface area contributed by atoms with Gasteiger partial charge in [0.1, 0.15) is 0 Å². The molecule has 0 atom stereocenters. The molecular weight excluding hydrogens is 252 g/mol. The highest BCUT2D eigenvalue weighted by Gasteiger charge is 2.06. The van der Waals surface area contributed by atoms with Crippen LogP contribution in [0.4, 0.5) is 5.13 Å². The topological polar surface area (TPSA) is 24.9 Å². The first-order chi connectivity index (χ1) is 9.36. The van der Waals surface area contributed by atoms with E-state index in [2.05, 4.69) is 54.7 Å². The lowest BCUT2D eigenvalue weighted by Gasteiger charge is -2.01. The van der Waals surface area contributed by atoms with Gasteiger partial charge in [-0.15, -0.1) is 0 Å². The first-order valence-corrected chi connectivity index (χ1v) is 7.34. The summed E-state index contributed by atoms with van der Waals surface area (Å²) in [5.74, 6) is 0. The van der Waals surface area contributed by atoms with E-state index in [4.69, 9.17) is 4.98 Å². The number of anilines is 1. The molecule has 1 aromatic heterocycles. The van der Waals surface area contributed by atoms with Crippen LogP contribution >= 0.6 is 11.3 Å². The van der Waals surface area contributed by atoms with E-state index in [0.29, 0.717) is 0 Å². The zero-order valence-corrected chi connectivity index (χ0v) is 11.7. The monoisotopic (exact) mass is 268 g/mol. The number of fused-ring (bicyclic) bond motifs is 1. The molecule has 0 spiro atoms. The van der Waals surface area contributed by atoms with Crippen molar-refractivity contribution in [3.63, 3.8) is 0 Å². The molecule has 0 aliphatic rings. The predicted molar refractivity (Wildman–Crippen MR) is 82.8 cm³/mol. The maximum atomic E-state index is 4.71. The van der Waals surface area contributed by atoms with Crippen LogP contribution in [0, 0.1) is 0 Å². The van der Waals surface area contributed by atoms with Gasteiger partial charge in [0.15, 0.2) is 5.13 Å². The van der Waals surface area contributed by atoms with Crippen LogP contribution in [0.3, 0.4) is 0 Å². The van der Waals surface area contributed by atoms with Crippen molar-refractivity contribution in [3.05, 3.63) is 59.7 Å². The van der Waals surface area contributed by atoms with Crippen LogP contribution in [-0.2, 0) is 13.0 Å². The van der Waals surface area contributed by atoms with E-state index in [0.717, 1.165) is 23.6 Å². The highest BCUT2D eigenvalue weighted by atomic mass is 32.1. The Morgan fingerprint density at radius 3 is 2.68 bits per heavy atom. The number of benzene rings is 2. The summed E-state index contributed by atoms with van der Waals surface area (Å²) in [6.07, 6.45) is 1.03. The summed E-state index contributed by atoms with van der Waals surface area (Å²) in [6, 6.07) is 16.8. The zero-order chi connectivity index (χ0) is 13.1. The molecule has 0 amide bonds. The van der Waals surface area contributed by atoms with E-state index < -0.39 is 0 Å². The molecule has 3 rings (SSSR count). The van der Waals surface area contributed by atoms with Crippen molar-refractivity contribution < 1.29 is 0 Å². The molecular formula is C16H16N2S. The van der Waals surface area contributed by atoms with Crippen LogP contribution in [0.1, 0.15) is 18.1 Å². The summed E-state index contributed by atoms with van der Waals surface area (Å²) < 4.78 is 1.26. The second kappa shape index (κ2) is 5.41. The summed E-state index contributed by atoms with van der Waals surface area (Å²) in [7, 11) is 0. The maximum absolute atomic E-state index is 4.71. The third-order valence-corrected chi connectivity index (χ3v) is 4.15. The number of hydrogen-bond donors (Lipinski definition) is 1. The molecule has 0 radical (unpaired) electrons. The highest BCUT2D eigenvalue weighted by molar-refractivity contribution is 7.22. The number of aryl methyl sites for hydroxylation is 1. The first kappa shape index (κ1) is 12.2. The molecule has 0 saturated heterocycles. The van der Waals surface area contributed by atoms with Gasteiger partial charge in [-0.2, -0.15) is 0 Å². The molecule has 0 fully saturated rings. The molecule has 0 aliphatic heterocycles. The Kier molecular flexibility index (Phi) is 3.47. The minimum atomic E-state index is 0.822. The van der Waals surface area contributed by atoms with E-state index in [9.17, 15) is 0 Å². The van der Waals surface area contributed by atoms with E-state index in [-0.39, 0.29) is 0 Å². The van der Waals surface area contributed by atoms with Gasteiger partial charge in [0.25, 0.3) is 0 Å². The molecule has 3 aromatic rings. The SMILES string of the molecule is CCc1cccc2sc(NCc3ccccc3)nc12. The lowest BCUT2D eigenvalue weighted by Crippen LogP contribution is -1.98. The van der Waals surface area contributed by atoms with Crippen LogP contribution in [0.5, 0.6) is 0 Å². The molecule has 0 aliphatic carbocycles. The van der Waals surface area contributed by atoms with Gasteiger partial charge in [0, 0.05) is 6.54 Å². The Morgan fingerprint density at radius 1 is 1.05 bits per heavy atom. The second-order valence-electron chi connectivity index (χ2n) is 4.48. The van der Waals surface area contributed by atoms with Crippen LogP contribution < -0.4 is 5.32 Å². The van der Waals surface area contributed by atoms with Gasteiger partial charge >= 0.3 is 0 Å². The molecule has 2 nitrogen and oxygen atoms in total.